The van der Waals surface area contributed by atoms with Crippen LogP contribution in [0.5, 0.6) is 0 Å². The van der Waals surface area contributed by atoms with Crippen LogP contribution in [-0.2, 0) is 0 Å². The molecule has 0 aliphatic carbocycles. The van der Waals surface area contributed by atoms with Crippen molar-refractivity contribution in [2.75, 3.05) is 0 Å². The van der Waals surface area contributed by atoms with Gasteiger partial charge in [-0.1, -0.05) is 13.8 Å². The fourth-order valence-electron chi connectivity index (χ4n) is 0.973. The van der Waals surface area contributed by atoms with Crippen molar-refractivity contribution in [2.24, 2.45) is 0 Å². The molecule has 2 aromatic heterocycles. The molecule has 0 atom stereocenters. The molecule has 0 radical (unpaired) electrons. The molecule has 0 saturated heterocycles. The van der Waals surface area contributed by atoms with Gasteiger partial charge in [0.05, 0.1) is 0 Å². The van der Waals surface area contributed by atoms with Crippen LogP contribution in [0.25, 0.3) is 11.4 Å². The Kier molecular flexibility index (Phi) is 3.79. The molecule has 2 heterocycles. The third-order valence-corrected chi connectivity index (χ3v) is 1.54. The van der Waals surface area contributed by atoms with Crippen LogP contribution in [-0.4, -0.2) is 20.2 Å². The summed E-state index contributed by atoms with van der Waals surface area (Å²) in [5.41, 5.74) is 0.981. The van der Waals surface area contributed by atoms with Crippen molar-refractivity contribution in [3.63, 3.8) is 0 Å². The zero-order chi connectivity index (χ0) is 10.4. The smallest absolute Gasteiger partial charge is 0.181 e. The molecule has 0 spiro atoms. The van der Waals surface area contributed by atoms with E-state index in [0.717, 1.165) is 17.2 Å². The summed E-state index contributed by atoms with van der Waals surface area (Å²) in [4.78, 5) is 8.10. The molecule has 0 aliphatic rings. The van der Waals surface area contributed by atoms with Crippen molar-refractivity contribution in [3.05, 3.63) is 30.4 Å². The lowest BCUT2D eigenvalue weighted by molar-refractivity contribution is 1.04. The van der Waals surface area contributed by atoms with E-state index >= 15 is 0 Å². The molecule has 0 unspecified atom stereocenters. The van der Waals surface area contributed by atoms with Gasteiger partial charge < -0.3 is 0 Å². The van der Waals surface area contributed by atoms with E-state index in [1.807, 2.05) is 32.9 Å². The van der Waals surface area contributed by atoms with Crippen LogP contribution in [0.4, 0.5) is 0 Å². The summed E-state index contributed by atoms with van der Waals surface area (Å²) in [5, 5.41) is 6.81. The highest BCUT2D eigenvalue weighted by molar-refractivity contribution is 5.52. The van der Waals surface area contributed by atoms with Crippen LogP contribution in [0, 0.1) is 6.92 Å². The average Bonchev–Trinajstić information content (AvgIpc) is 2.69. The van der Waals surface area contributed by atoms with Gasteiger partial charge in [0, 0.05) is 18.0 Å². The first-order chi connectivity index (χ1) is 6.86. The van der Waals surface area contributed by atoms with Crippen molar-refractivity contribution in [1.82, 2.24) is 20.2 Å². The summed E-state index contributed by atoms with van der Waals surface area (Å²) in [7, 11) is 0. The van der Waals surface area contributed by atoms with E-state index in [2.05, 4.69) is 20.2 Å². The van der Waals surface area contributed by atoms with Crippen LogP contribution < -0.4 is 0 Å². The van der Waals surface area contributed by atoms with Crippen molar-refractivity contribution >= 4 is 0 Å². The van der Waals surface area contributed by atoms with Gasteiger partial charge in [0.1, 0.15) is 5.82 Å². The summed E-state index contributed by atoms with van der Waals surface area (Å²) >= 11 is 0. The topological polar surface area (TPSA) is 54.5 Å². The van der Waals surface area contributed by atoms with E-state index in [4.69, 9.17) is 0 Å². The summed E-state index contributed by atoms with van der Waals surface area (Å²) in [5.74, 6) is 1.54. The van der Waals surface area contributed by atoms with Gasteiger partial charge >= 0.3 is 0 Å². The second-order valence-electron chi connectivity index (χ2n) is 2.48. The second kappa shape index (κ2) is 5.11. The SMILES string of the molecule is CC.Cc1nc(-c2ccncc2)n[nH]1. The number of nitrogens with zero attached hydrogens (tertiary/aromatic N) is 3. The first-order valence-electron chi connectivity index (χ1n) is 4.65. The average molecular weight is 190 g/mol. The predicted octanol–water partition coefficient (Wildman–Crippen LogP) is 2.20. The number of H-pyrrole nitrogens is 1. The first kappa shape index (κ1) is 10.4. The van der Waals surface area contributed by atoms with Gasteiger partial charge in [-0.15, -0.1) is 0 Å². The highest BCUT2D eigenvalue weighted by atomic mass is 15.2. The third kappa shape index (κ3) is 2.39. The first-order valence-corrected chi connectivity index (χ1v) is 4.65. The van der Waals surface area contributed by atoms with Crippen LogP contribution >= 0.6 is 0 Å². The minimum absolute atomic E-state index is 0.718. The van der Waals surface area contributed by atoms with E-state index < -0.39 is 0 Å². The molecule has 0 bridgehead atoms. The standard InChI is InChI=1S/C8H8N4.C2H6/c1-6-10-8(12-11-6)7-2-4-9-5-3-7;1-2/h2-5H,1H3,(H,10,11,12);1-2H3. The van der Waals surface area contributed by atoms with Crippen molar-refractivity contribution in [3.8, 4) is 11.4 Å². The van der Waals surface area contributed by atoms with Gasteiger partial charge in [0.15, 0.2) is 5.82 Å². The number of aromatic nitrogens is 4. The Balaban J connectivity index is 0.000000461. The maximum atomic E-state index is 4.19. The Bertz CT molecular complexity index is 367. The lowest BCUT2D eigenvalue weighted by Crippen LogP contribution is -1.80. The van der Waals surface area contributed by atoms with Gasteiger partial charge in [-0.2, -0.15) is 5.10 Å². The Hall–Kier alpha value is -1.71. The van der Waals surface area contributed by atoms with Gasteiger partial charge in [-0.25, -0.2) is 4.98 Å². The maximum Gasteiger partial charge on any atom is 0.181 e. The predicted molar refractivity (Wildman–Crippen MR) is 55.7 cm³/mol. The van der Waals surface area contributed by atoms with Crippen LogP contribution in [0.15, 0.2) is 24.5 Å². The van der Waals surface area contributed by atoms with E-state index in [1.54, 1.807) is 12.4 Å². The number of aryl methyl sites for hydroxylation is 1. The van der Waals surface area contributed by atoms with Crippen LogP contribution in [0.2, 0.25) is 0 Å². The third-order valence-electron chi connectivity index (χ3n) is 1.54. The van der Waals surface area contributed by atoms with Crippen LogP contribution in [0.3, 0.4) is 0 Å². The molecule has 4 heteroatoms. The largest absolute Gasteiger partial charge is 0.265 e. The molecule has 74 valence electrons. The fraction of sp³-hybridized carbons (Fsp3) is 0.300. The van der Waals surface area contributed by atoms with Crippen molar-refractivity contribution < 1.29 is 0 Å². The monoisotopic (exact) mass is 190 g/mol. The summed E-state index contributed by atoms with van der Waals surface area (Å²) in [6, 6.07) is 3.76. The molecule has 2 aromatic rings. The number of nitrogens with one attached hydrogen (secondary N) is 1. The second-order valence-corrected chi connectivity index (χ2v) is 2.48. The lowest BCUT2D eigenvalue weighted by atomic mass is 10.3. The molecule has 0 aliphatic heterocycles. The summed E-state index contributed by atoms with van der Waals surface area (Å²) < 4.78 is 0. The summed E-state index contributed by atoms with van der Waals surface area (Å²) in [6.07, 6.45) is 3.45. The Morgan fingerprint density at radius 2 is 1.79 bits per heavy atom. The number of pyridine rings is 1. The van der Waals surface area contributed by atoms with Gasteiger partial charge in [-0.3, -0.25) is 10.1 Å². The molecule has 14 heavy (non-hydrogen) atoms. The molecule has 0 aromatic carbocycles. The quantitative estimate of drug-likeness (QED) is 0.750. The fourth-order valence-corrected chi connectivity index (χ4v) is 0.973. The van der Waals surface area contributed by atoms with Gasteiger partial charge in [0.25, 0.3) is 0 Å². The zero-order valence-electron chi connectivity index (χ0n) is 8.65. The number of hydrogen-bond donors (Lipinski definition) is 1. The Morgan fingerprint density at radius 1 is 1.14 bits per heavy atom. The van der Waals surface area contributed by atoms with Crippen LogP contribution in [0.1, 0.15) is 19.7 Å². The van der Waals surface area contributed by atoms with E-state index in [0.29, 0.717) is 0 Å². The number of aromatic amines is 1. The van der Waals surface area contributed by atoms with E-state index in [-0.39, 0.29) is 0 Å². The molecular formula is C10H14N4. The molecule has 2 rings (SSSR count). The summed E-state index contributed by atoms with van der Waals surface area (Å²) in [6.45, 7) is 5.87. The molecule has 1 N–H and O–H groups in total. The Labute approximate surface area is 83.4 Å². The maximum absolute atomic E-state index is 4.19. The molecule has 4 nitrogen and oxygen atoms in total. The number of rotatable bonds is 1. The normalized spacial score (nSPS) is 9.07. The minimum Gasteiger partial charge on any atom is -0.265 e. The number of hydrogen-bond acceptors (Lipinski definition) is 3. The van der Waals surface area contributed by atoms with Crippen molar-refractivity contribution in [2.45, 2.75) is 20.8 Å². The lowest BCUT2D eigenvalue weighted by Gasteiger charge is -1.90. The van der Waals surface area contributed by atoms with E-state index in [9.17, 15) is 0 Å². The molecule has 0 fully saturated rings. The van der Waals surface area contributed by atoms with Gasteiger partial charge in [-0.05, 0) is 19.1 Å². The molecule has 0 saturated carbocycles. The molecule has 0 amide bonds. The highest BCUT2D eigenvalue weighted by Crippen LogP contribution is 2.11. The zero-order valence-corrected chi connectivity index (χ0v) is 8.65. The minimum atomic E-state index is 0.718. The highest BCUT2D eigenvalue weighted by Gasteiger charge is 2.00. The van der Waals surface area contributed by atoms with Gasteiger partial charge in [0.2, 0.25) is 0 Å². The Morgan fingerprint density at radius 3 is 2.29 bits per heavy atom. The van der Waals surface area contributed by atoms with E-state index in [1.165, 1.54) is 0 Å². The molecular weight excluding hydrogens is 176 g/mol. The van der Waals surface area contributed by atoms with Crippen molar-refractivity contribution in [1.29, 1.82) is 0 Å².